The van der Waals surface area contributed by atoms with Crippen molar-refractivity contribution in [1.82, 2.24) is 9.62 Å². The second kappa shape index (κ2) is 5.56. The lowest BCUT2D eigenvalue weighted by atomic mass is 10.3. The van der Waals surface area contributed by atoms with Crippen LogP contribution in [-0.2, 0) is 19.9 Å². The zero-order valence-corrected chi connectivity index (χ0v) is 13.5. The summed E-state index contributed by atoms with van der Waals surface area (Å²) in [6.45, 7) is 1.43. The zero-order chi connectivity index (χ0) is 15.8. The number of nitrogens with zero attached hydrogens (tertiary/aromatic N) is 1. The number of nitrogens with two attached hydrogens (primary N) is 1. The van der Waals surface area contributed by atoms with E-state index in [4.69, 9.17) is 5.73 Å². The molecule has 1 aliphatic rings. The zero-order valence-electron chi connectivity index (χ0n) is 11.9. The summed E-state index contributed by atoms with van der Waals surface area (Å²) >= 11 is 0. The molecule has 1 saturated heterocycles. The highest BCUT2D eigenvalue weighted by Gasteiger charge is 2.27. The van der Waals surface area contributed by atoms with Gasteiger partial charge in [-0.1, -0.05) is 0 Å². The minimum Gasteiger partial charge on any atom is -0.398 e. The lowest BCUT2D eigenvalue weighted by Gasteiger charge is -2.15. The fourth-order valence-corrected chi connectivity index (χ4v) is 4.43. The number of likely N-dealkylation sites (N-methyl/N-ethyl adjacent to an activating group) is 1. The van der Waals surface area contributed by atoms with Crippen molar-refractivity contribution < 1.29 is 16.8 Å². The SMILES string of the molecule is CN1CCC(NS(=O)(=O)c2cc(S(C)(=O)=O)ccc2N)C1. The molecule has 1 aromatic carbocycles. The maximum Gasteiger partial charge on any atom is 0.242 e. The molecule has 1 fully saturated rings. The number of nitrogen functional groups attached to an aromatic ring is 1. The van der Waals surface area contributed by atoms with Gasteiger partial charge in [-0.15, -0.1) is 0 Å². The molecule has 1 unspecified atom stereocenters. The summed E-state index contributed by atoms with van der Waals surface area (Å²) in [5, 5.41) is 0. The van der Waals surface area contributed by atoms with Crippen LogP contribution in [0, 0.1) is 0 Å². The number of nitrogens with one attached hydrogen (secondary N) is 1. The van der Waals surface area contributed by atoms with Crippen molar-refractivity contribution in [2.24, 2.45) is 0 Å². The summed E-state index contributed by atoms with van der Waals surface area (Å²) in [6, 6.07) is 3.51. The first kappa shape index (κ1) is 16.2. The average molecular weight is 333 g/mol. The number of anilines is 1. The third-order valence-corrected chi connectivity index (χ3v) is 6.10. The molecule has 7 nitrogen and oxygen atoms in total. The summed E-state index contributed by atoms with van der Waals surface area (Å²) in [7, 11) is -5.43. The fourth-order valence-electron chi connectivity index (χ4n) is 2.29. The van der Waals surface area contributed by atoms with Gasteiger partial charge in [0, 0.05) is 18.8 Å². The monoisotopic (exact) mass is 333 g/mol. The van der Waals surface area contributed by atoms with Crippen molar-refractivity contribution in [1.29, 1.82) is 0 Å². The van der Waals surface area contributed by atoms with E-state index in [1.807, 2.05) is 11.9 Å². The third kappa shape index (κ3) is 3.73. The number of sulfonamides is 1. The van der Waals surface area contributed by atoms with Gasteiger partial charge in [0.1, 0.15) is 4.90 Å². The highest BCUT2D eigenvalue weighted by atomic mass is 32.2. The predicted octanol–water partition coefficient (Wildman–Crippen LogP) is -0.345. The van der Waals surface area contributed by atoms with E-state index in [1.165, 1.54) is 12.1 Å². The van der Waals surface area contributed by atoms with E-state index in [1.54, 1.807) is 0 Å². The van der Waals surface area contributed by atoms with Gasteiger partial charge in [-0.3, -0.25) is 0 Å². The number of benzene rings is 1. The molecule has 0 radical (unpaired) electrons. The van der Waals surface area contributed by atoms with Gasteiger partial charge in [0.2, 0.25) is 10.0 Å². The molecule has 0 aromatic heterocycles. The standard InChI is InChI=1S/C12H19N3O4S2/c1-15-6-5-9(8-15)14-21(18,19)12-7-10(20(2,16)17)3-4-11(12)13/h3-4,7,9,14H,5-6,8,13H2,1-2H3. The van der Waals surface area contributed by atoms with Gasteiger partial charge in [-0.05, 0) is 38.2 Å². The third-order valence-electron chi connectivity index (χ3n) is 3.42. The Morgan fingerprint density at radius 3 is 2.48 bits per heavy atom. The largest absolute Gasteiger partial charge is 0.398 e. The Hall–Kier alpha value is -1.16. The highest BCUT2D eigenvalue weighted by molar-refractivity contribution is 7.91. The van der Waals surface area contributed by atoms with Crippen molar-refractivity contribution in [3.05, 3.63) is 18.2 Å². The van der Waals surface area contributed by atoms with Crippen LogP contribution in [0.4, 0.5) is 5.69 Å². The first-order valence-corrected chi connectivity index (χ1v) is 9.77. The number of hydrogen-bond acceptors (Lipinski definition) is 6. The molecule has 0 amide bonds. The van der Waals surface area contributed by atoms with Crippen molar-refractivity contribution in [3.63, 3.8) is 0 Å². The number of rotatable bonds is 4. The Morgan fingerprint density at radius 2 is 1.95 bits per heavy atom. The molecule has 2 rings (SSSR count). The molecule has 1 aliphatic heterocycles. The molecule has 118 valence electrons. The second-order valence-electron chi connectivity index (χ2n) is 5.34. The number of likely N-dealkylation sites (tertiary alicyclic amines) is 1. The molecule has 0 aliphatic carbocycles. The number of sulfone groups is 1. The van der Waals surface area contributed by atoms with E-state index in [0.29, 0.717) is 13.0 Å². The highest BCUT2D eigenvalue weighted by Crippen LogP contribution is 2.23. The Labute approximate surface area is 125 Å². The summed E-state index contributed by atoms with van der Waals surface area (Å²) in [5.74, 6) is 0. The van der Waals surface area contributed by atoms with E-state index in [2.05, 4.69) is 4.72 Å². The van der Waals surface area contributed by atoms with Crippen LogP contribution in [-0.4, -0.2) is 54.2 Å². The van der Waals surface area contributed by atoms with Crippen molar-refractivity contribution >= 4 is 25.5 Å². The van der Waals surface area contributed by atoms with E-state index in [0.717, 1.165) is 18.9 Å². The molecule has 1 heterocycles. The average Bonchev–Trinajstić information content (AvgIpc) is 2.72. The summed E-state index contributed by atoms with van der Waals surface area (Å²) in [5.41, 5.74) is 5.72. The van der Waals surface area contributed by atoms with Crippen LogP contribution in [0.5, 0.6) is 0 Å². The van der Waals surface area contributed by atoms with Crippen LogP contribution < -0.4 is 10.5 Å². The van der Waals surface area contributed by atoms with Gasteiger partial charge in [0.05, 0.1) is 10.6 Å². The topological polar surface area (TPSA) is 110 Å². The van der Waals surface area contributed by atoms with Crippen LogP contribution in [0.25, 0.3) is 0 Å². The lowest BCUT2D eigenvalue weighted by Crippen LogP contribution is -2.36. The van der Waals surface area contributed by atoms with Crippen LogP contribution in [0.1, 0.15) is 6.42 Å². The maximum atomic E-state index is 12.4. The van der Waals surface area contributed by atoms with Gasteiger partial charge in [0.25, 0.3) is 0 Å². The van der Waals surface area contributed by atoms with Crippen molar-refractivity contribution in [3.8, 4) is 0 Å². The molecule has 0 spiro atoms. The molecule has 9 heteroatoms. The Morgan fingerprint density at radius 1 is 1.29 bits per heavy atom. The fraction of sp³-hybridized carbons (Fsp3) is 0.500. The lowest BCUT2D eigenvalue weighted by molar-refractivity contribution is 0.407. The molecule has 3 N–H and O–H groups in total. The van der Waals surface area contributed by atoms with Crippen LogP contribution in [0.3, 0.4) is 0 Å². The normalized spacial score (nSPS) is 20.8. The maximum absolute atomic E-state index is 12.4. The summed E-state index contributed by atoms with van der Waals surface area (Å²) in [6.07, 6.45) is 1.73. The number of hydrogen-bond donors (Lipinski definition) is 2. The van der Waals surface area contributed by atoms with Gasteiger partial charge >= 0.3 is 0 Å². The van der Waals surface area contributed by atoms with Gasteiger partial charge < -0.3 is 10.6 Å². The van der Waals surface area contributed by atoms with Crippen LogP contribution in [0.2, 0.25) is 0 Å². The summed E-state index contributed by atoms with van der Waals surface area (Å²) in [4.78, 5) is 1.75. The van der Waals surface area contributed by atoms with Crippen molar-refractivity contribution in [2.45, 2.75) is 22.3 Å². The Bertz CT molecular complexity index is 744. The Balaban J connectivity index is 2.35. The quantitative estimate of drug-likeness (QED) is 0.729. The second-order valence-corrected chi connectivity index (χ2v) is 9.04. The minimum absolute atomic E-state index is 0.0289. The summed E-state index contributed by atoms with van der Waals surface area (Å²) < 4.78 is 50.5. The van der Waals surface area contributed by atoms with Crippen LogP contribution >= 0.6 is 0 Å². The first-order chi connectivity index (χ1) is 9.59. The van der Waals surface area contributed by atoms with E-state index in [9.17, 15) is 16.8 Å². The predicted molar refractivity (Wildman–Crippen MR) is 80.2 cm³/mol. The Kier molecular flexibility index (Phi) is 4.29. The molecule has 0 bridgehead atoms. The first-order valence-electron chi connectivity index (χ1n) is 6.40. The molecule has 1 atom stereocenters. The van der Waals surface area contributed by atoms with E-state index >= 15 is 0 Å². The van der Waals surface area contributed by atoms with Gasteiger partial charge in [-0.2, -0.15) is 0 Å². The van der Waals surface area contributed by atoms with Crippen LogP contribution in [0.15, 0.2) is 28.0 Å². The molecule has 1 aromatic rings. The van der Waals surface area contributed by atoms with E-state index < -0.39 is 19.9 Å². The molecular formula is C12H19N3O4S2. The van der Waals surface area contributed by atoms with Crippen molar-refractivity contribution in [2.75, 3.05) is 32.1 Å². The molecule has 0 saturated carbocycles. The molecule has 21 heavy (non-hydrogen) atoms. The molecular weight excluding hydrogens is 314 g/mol. The van der Waals surface area contributed by atoms with Gasteiger partial charge in [-0.25, -0.2) is 21.6 Å². The van der Waals surface area contributed by atoms with Gasteiger partial charge in [0.15, 0.2) is 9.84 Å². The minimum atomic E-state index is -3.85. The smallest absolute Gasteiger partial charge is 0.242 e. The van der Waals surface area contributed by atoms with E-state index in [-0.39, 0.29) is 21.5 Å².